The van der Waals surface area contributed by atoms with Crippen LogP contribution in [0, 0.1) is 11.7 Å². The Morgan fingerprint density at radius 1 is 0.895 bits per heavy atom. The number of carbonyl (C=O) groups excluding carboxylic acids is 2. The maximum absolute atomic E-state index is 14.3. The second-order valence-corrected chi connectivity index (χ2v) is 11.5. The van der Waals surface area contributed by atoms with E-state index in [1.807, 2.05) is 44.2 Å². The molecule has 0 heterocycles. The van der Waals surface area contributed by atoms with Crippen LogP contribution in [0.15, 0.2) is 66.7 Å². The summed E-state index contributed by atoms with van der Waals surface area (Å²) in [7, 11) is 0. The number of nitrogens with zero attached hydrogens (tertiary/aromatic N) is 1. The van der Waals surface area contributed by atoms with Crippen molar-refractivity contribution in [3.63, 3.8) is 0 Å². The van der Waals surface area contributed by atoms with Gasteiger partial charge in [-0.15, -0.1) is 11.8 Å². The van der Waals surface area contributed by atoms with Crippen LogP contribution in [0.3, 0.4) is 0 Å². The lowest BCUT2D eigenvalue weighted by Gasteiger charge is -2.32. The molecule has 3 aromatic rings. The van der Waals surface area contributed by atoms with Crippen molar-refractivity contribution in [2.45, 2.75) is 38.6 Å². The van der Waals surface area contributed by atoms with Crippen molar-refractivity contribution in [1.82, 2.24) is 10.2 Å². The van der Waals surface area contributed by atoms with Gasteiger partial charge in [0.05, 0.1) is 5.75 Å². The summed E-state index contributed by atoms with van der Waals surface area (Å²) >= 11 is 20.3. The lowest BCUT2D eigenvalue weighted by molar-refractivity contribution is -0.139. The van der Waals surface area contributed by atoms with Crippen LogP contribution in [0.5, 0.6) is 0 Å². The Balaban J connectivity index is 1.91. The van der Waals surface area contributed by atoms with E-state index in [2.05, 4.69) is 5.32 Å². The van der Waals surface area contributed by atoms with E-state index >= 15 is 0 Å². The number of nitrogens with one attached hydrogen (secondary N) is 1. The predicted molar refractivity (Wildman–Crippen MR) is 156 cm³/mol. The first kappa shape index (κ1) is 30.3. The summed E-state index contributed by atoms with van der Waals surface area (Å²) in [6.45, 7) is 4.53. The van der Waals surface area contributed by atoms with E-state index in [-0.39, 0.29) is 35.8 Å². The number of thioether (sulfide) groups is 1. The molecule has 2 amide bonds. The maximum atomic E-state index is 14.3. The van der Waals surface area contributed by atoms with Crippen LogP contribution in [0.25, 0.3) is 0 Å². The van der Waals surface area contributed by atoms with Gasteiger partial charge in [0.1, 0.15) is 11.9 Å². The lowest BCUT2D eigenvalue weighted by atomic mass is 10.0. The van der Waals surface area contributed by atoms with Gasteiger partial charge in [-0.1, -0.05) is 91.1 Å². The summed E-state index contributed by atoms with van der Waals surface area (Å²) in [6.07, 6.45) is 0.308. The third-order valence-corrected chi connectivity index (χ3v) is 7.89. The van der Waals surface area contributed by atoms with Crippen molar-refractivity contribution in [3.05, 3.63) is 104 Å². The molecule has 1 unspecified atom stereocenters. The minimum Gasteiger partial charge on any atom is -0.354 e. The quantitative estimate of drug-likeness (QED) is 0.237. The maximum Gasteiger partial charge on any atom is 0.243 e. The predicted octanol–water partition coefficient (Wildman–Crippen LogP) is 7.43. The van der Waals surface area contributed by atoms with Gasteiger partial charge in [-0.25, -0.2) is 4.39 Å². The topological polar surface area (TPSA) is 49.4 Å². The van der Waals surface area contributed by atoms with E-state index in [1.165, 1.54) is 28.8 Å². The Morgan fingerprint density at radius 3 is 2.11 bits per heavy atom. The molecule has 0 aromatic heterocycles. The molecule has 3 rings (SSSR count). The minimum absolute atomic E-state index is 0.00941. The Kier molecular flexibility index (Phi) is 11.8. The largest absolute Gasteiger partial charge is 0.354 e. The molecule has 0 aliphatic heterocycles. The summed E-state index contributed by atoms with van der Waals surface area (Å²) in [5.74, 6) is -0.525. The fourth-order valence-corrected chi connectivity index (χ4v) is 5.59. The molecule has 0 radical (unpaired) electrons. The second kappa shape index (κ2) is 14.8. The van der Waals surface area contributed by atoms with Gasteiger partial charge < -0.3 is 10.2 Å². The monoisotopic (exact) mass is 594 g/mol. The molecule has 0 fully saturated rings. The van der Waals surface area contributed by atoms with Crippen LogP contribution >= 0.6 is 46.6 Å². The van der Waals surface area contributed by atoms with Crippen molar-refractivity contribution in [2.24, 2.45) is 5.92 Å². The summed E-state index contributed by atoms with van der Waals surface area (Å²) in [5, 5.41) is 4.09. The number of benzene rings is 3. The highest BCUT2D eigenvalue weighted by atomic mass is 35.5. The third kappa shape index (κ3) is 8.63. The number of rotatable bonds is 12. The van der Waals surface area contributed by atoms with E-state index in [0.29, 0.717) is 39.2 Å². The normalized spacial score (nSPS) is 11.9. The van der Waals surface area contributed by atoms with Gasteiger partial charge >= 0.3 is 0 Å². The average molecular weight is 596 g/mol. The van der Waals surface area contributed by atoms with Crippen molar-refractivity contribution >= 4 is 58.4 Å². The van der Waals surface area contributed by atoms with E-state index in [4.69, 9.17) is 34.8 Å². The fourth-order valence-electron chi connectivity index (χ4n) is 3.82. The highest BCUT2D eigenvalue weighted by Crippen LogP contribution is 2.29. The molecule has 0 spiro atoms. The first-order valence-electron chi connectivity index (χ1n) is 12.2. The molecule has 0 aliphatic rings. The van der Waals surface area contributed by atoms with Crippen LogP contribution in [-0.4, -0.2) is 35.1 Å². The zero-order chi connectivity index (χ0) is 27.7. The van der Waals surface area contributed by atoms with E-state index in [9.17, 15) is 14.0 Å². The molecule has 0 aliphatic carbocycles. The van der Waals surface area contributed by atoms with E-state index in [1.54, 1.807) is 24.3 Å². The Labute approximate surface area is 242 Å². The van der Waals surface area contributed by atoms with Crippen LogP contribution in [0.1, 0.15) is 30.5 Å². The summed E-state index contributed by atoms with van der Waals surface area (Å²) < 4.78 is 14.3. The van der Waals surface area contributed by atoms with Gasteiger partial charge in [-0.2, -0.15) is 0 Å². The first-order valence-corrected chi connectivity index (χ1v) is 14.5. The van der Waals surface area contributed by atoms with E-state index in [0.717, 1.165) is 5.56 Å². The molecular weight excluding hydrogens is 566 g/mol. The number of amides is 2. The molecule has 202 valence electrons. The van der Waals surface area contributed by atoms with Crippen LogP contribution in [0.2, 0.25) is 15.1 Å². The van der Waals surface area contributed by atoms with Crippen LogP contribution in [-0.2, 0) is 28.3 Å². The second-order valence-electron chi connectivity index (χ2n) is 9.26. The summed E-state index contributed by atoms with van der Waals surface area (Å²) in [6, 6.07) is 18.3. The van der Waals surface area contributed by atoms with Crippen molar-refractivity contribution in [3.8, 4) is 0 Å². The molecule has 1 atom stereocenters. The molecule has 0 bridgehead atoms. The zero-order valence-electron chi connectivity index (χ0n) is 21.2. The van der Waals surface area contributed by atoms with Crippen LogP contribution < -0.4 is 5.32 Å². The number of halogens is 4. The van der Waals surface area contributed by atoms with Gasteiger partial charge in [-0.3, -0.25) is 9.59 Å². The molecule has 0 saturated heterocycles. The highest BCUT2D eigenvalue weighted by Gasteiger charge is 2.31. The molecule has 0 saturated carbocycles. The zero-order valence-corrected chi connectivity index (χ0v) is 24.3. The van der Waals surface area contributed by atoms with Gasteiger partial charge in [0.15, 0.2) is 0 Å². The van der Waals surface area contributed by atoms with Gasteiger partial charge in [0.25, 0.3) is 0 Å². The van der Waals surface area contributed by atoms with Gasteiger partial charge in [-0.05, 0) is 35.7 Å². The Hall–Kier alpha value is -2.25. The van der Waals surface area contributed by atoms with Crippen molar-refractivity contribution < 1.29 is 14.0 Å². The standard InChI is InChI=1S/C29H30Cl3FN2O2S/c1-19(2)15-34-29(37)27(14-20-8-4-3-5-9-20)35(16-21-23(30)10-6-11-24(21)31)28(36)18-38-17-22-25(32)12-7-13-26(22)33/h3-13,19,27H,14-18H2,1-2H3,(H,34,37). The number of carbonyl (C=O) groups is 2. The van der Waals surface area contributed by atoms with Crippen molar-refractivity contribution in [1.29, 1.82) is 0 Å². The molecule has 3 aromatic carbocycles. The molecule has 4 nitrogen and oxygen atoms in total. The fraction of sp³-hybridized carbons (Fsp3) is 0.310. The van der Waals surface area contributed by atoms with E-state index < -0.39 is 11.9 Å². The Bertz CT molecular complexity index is 1200. The van der Waals surface area contributed by atoms with Gasteiger partial charge in [0.2, 0.25) is 11.8 Å². The molecular formula is C29H30Cl3FN2O2S. The average Bonchev–Trinajstić information content (AvgIpc) is 2.88. The van der Waals surface area contributed by atoms with Crippen molar-refractivity contribution in [2.75, 3.05) is 12.3 Å². The third-order valence-electron chi connectivity index (χ3n) is 5.88. The molecule has 1 N–H and O–H groups in total. The minimum atomic E-state index is -0.811. The smallest absolute Gasteiger partial charge is 0.243 e. The number of hydrogen-bond donors (Lipinski definition) is 1. The number of hydrogen-bond acceptors (Lipinski definition) is 3. The summed E-state index contributed by atoms with van der Waals surface area (Å²) in [5.41, 5.74) is 1.80. The molecule has 38 heavy (non-hydrogen) atoms. The molecule has 9 heteroatoms. The van der Waals surface area contributed by atoms with Gasteiger partial charge in [0, 0.05) is 51.5 Å². The highest BCUT2D eigenvalue weighted by molar-refractivity contribution is 7.99. The van der Waals surface area contributed by atoms with Crippen LogP contribution in [0.4, 0.5) is 4.39 Å². The lowest BCUT2D eigenvalue weighted by Crippen LogP contribution is -2.51. The SMILES string of the molecule is CC(C)CNC(=O)C(Cc1ccccc1)N(Cc1c(Cl)cccc1Cl)C(=O)CSCc1c(F)cccc1Cl. The Morgan fingerprint density at radius 2 is 1.50 bits per heavy atom. The summed E-state index contributed by atoms with van der Waals surface area (Å²) in [4.78, 5) is 28.7. The first-order chi connectivity index (χ1) is 18.2.